The summed E-state index contributed by atoms with van der Waals surface area (Å²) in [5.74, 6) is -4.66. The van der Waals surface area contributed by atoms with Crippen LogP contribution in [0, 0.1) is 11.7 Å². The first-order valence-corrected chi connectivity index (χ1v) is 14.6. The summed E-state index contributed by atoms with van der Waals surface area (Å²) in [4.78, 5) is 56.1. The van der Waals surface area contributed by atoms with Crippen molar-refractivity contribution < 1.29 is 50.8 Å². The Morgan fingerprint density at radius 3 is 2.53 bits per heavy atom. The molecule has 2 aliphatic heterocycles. The van der Waals surface area contributed by atoms with E-state index in [0.717, 1.165) is 29.4 Å². The van der Waals surface area contributed by atoms with Crippen molar-refractivity contribution in [2.24, 2.45) is 10.9 Å². The van der Waals surface area contributed by atoms with Gasteiger partial charge in [-0.3, -0.25) is 9.52 Å². The molecular formula is C29H25FN5O9S+. The molecule has 2 aromatic carbocycles. The zero-order valence-electron chi connectivity index (χ0n) is 23.6. The summed E-state index contributed by atoms with van der Waals surface area (Å²) in [6, 6.07) is 9.30. The van der Waals surface area contributed by atoms with Gasteiger partial charge in [-0.05, 0) is 48.0 Å². The number of urea groups is 1. The molecule has 45 heavy (non-hydrogen) atoms. The zero-order valence-corrected chi connectivity index (χ0v) is 24.4. The number of carbonyl (C=O) groups is 4. The number of aliphatic imine (C=N–C) groups is 1. The summed E-state index contributed by atoms with van der Waals surface area (Å²) in [5.41, 5.74) is 0.347. The van der Waals surface area contributed by atoms with E-state index in [0.29, 0.717) is 11.3 Å². The minimum atomic E-state index is -4.13. The molecule has 14 nitrogen and oxygen atoms in total. The molecule has 1 unspecified atom stereocenters. The van der Waals surface area contributed by atoms with Gasteiger partial charge in [-0.2, -0.15) is 17.8 Å². The number of halogens is 1. The van der Waals surface area contributed by atoms with Crippen LogP contribution in [0.25, 0.3) is 0 Å². The molecule has 2 atom stereocenters. The van der Waals surface area contributed by atoms with E-state index in [2.05, 4.69) is 15.0 Å². The number of carbonyl (C=O) groups excluding carboxylic acids is 3. The zero-order chi connectivity index (χ0) is 32.5. The smallest absolute Gasteiger partial charge is 0.481 e. The van der Waals surface area contributed by atoms with Crippen molar-refractivity contribution in [1.82, 2.24) is 5.32 Å². The van der Waals surface area contributed by atoms with E-state index in [1.807, 2.05) is 0 Å². The topological polar surface area (TPSA) is 188 Å². The molecule has 0 saturated heterocycles. The number of furan rings is 1. The van der Waals surface area contributed by atoms with Gasteiger partial charge in [0.1, 0.15) is 29.2 Å². The standard InChI is InChI=1S/C29H24FN5O9S/c1-34-23-15-31-24(43-2)14-20(23)27(37)35(29(34)40)18-8-5-16(6-9-18)12-22(28(38)39)32-26(36)19-10-7-17(13-21(19)30)33-45(41,42)25-4-3-11-44-25/h3-11,13-15,20,22H,12H2,1-2H3,(H2-,32,33,36,38,39)/p+1/t20?,22-/m0/s1. The number of anilines is 2. The normalized spacial score (nSPS) is 17.0. The highest BCUT2D eigenvalue weighted by molar-refractivity contribution is 7.92. The van der Waals surface area contributed by atoms with Gasteiger partial charge in [0.05, 0.1) is 37.9 Å². The third-order valence-electron chi connectivity index (χ3n) is 6.98. The van der Waals surface area contributed by atoms with Crippen LogP contribution in [0.4, 0.5) is 20.6 Å². The van der Waals surface area contributed by atoms with E-state index in [1.54, 1.807) is 0 Å². The Balaban J connectivity index is 1.28. The number of fused-ring (bicyclic) bond motifs is 1. The molecule has 0 bridgehead atoms. The van der Waals surface area contributed by atoms with Gasteiger partial charge in [0.25, 0.3) is 15.9 Å². The summed E-state index contributed by atoms with van der Waals surface area (Å²) in [6.45, 7) is 0. The minimum Gasteiger partial charge on any atom is -0.481 e. The lowest BCUT2D eigenvalue weighted by molar-refractivity contribution is -0.392. The molecule has 4 amide bonds. The maximum Gasteiger partial charge on any atom is 0.506 e. The molecule has 3 N–H and O–H groups in total. The average Bonchev–Trinajstić information content (AvgIpc) is 3.56. The lowest BCUT2D eigenvalue weighted by Crippen LogP contribution is -2.54. The Morgan fingerprint density at radius 1 is 1.18 bits per heavy atom. The highest BCUT2D eigenvalue weighted by Crippen LogP contribution is 2.26. The first-order valence-electron chi connectivity index (χ1n) is 13.2. The fourth-order valence-corrected chi connectivity index (χ4v) is 5.64. The quantitative estimate of drug-likeness (QED) is 0.280. The van der Waals surface area contributed by atoms with Crippen LogP contribution in [-0.4, -0.2) is 74.0 Å². The lowest BCUT2D eigenvalue weighted by Gasteiger charge is -2.25. The molecule has 3 heterocycles. The van der Waals surface area contributed by atoms with Gasteiger partial charge in [0, 0.05) is 12.5 Å². The van der Waals surface area contributed by atoms with Crippen LogP contribution < -0.4 is 14.9 Å². The first kappa shape index (κ1) is 30.8. The van der Waals surface area contributed by atoms with Gasteiger partial charge in [0.15, 0.2) is 0 Å². The number of hydrogen-bond donors (Lipinski definition) is 3. The molecule has 5 rings (SSSR count). The molecule has 232 valence electrons. The van der Waals surface area contributed by atoms with E-state index >= 15 is 0 Å². The van der Waals surface area contributed by atoms with Crippen LogP contribution in [0.15, 0.2) is 87.3 Å². The predicted octanol–water partition coefficient (Wildman–Crippen LogP) is 2.38. The number of carboxylic acids is 1. The van der Waals surface area contributed by atoms with Crippen molar-refractivity contribution in [2.45, 2.75) is 17.6 Å². The second-order valence-corrected chi connectivity index (χ2v) is 11.5. The van der Waals surface area contributed by atoms with Gasteiger partial charge in [0.2, 0.25) is 11.0 Å². The molecule has 0 radical (unpaired) electrons. The number of imide groups is 1. The molecule has 2 aliphatic rings. The Bertz CT molecular complexity index is 1900. The SMILES string of the molecule is COC1=CC2C(=O)N(c3ccc(C[C@H](NC(=O)c4ccc(NS(=O)(=O)c5ccco5)cc4F)C(=O)O)cc3)C(=O)[N+](C)=C2C=N1. The molecule has 0 fully saturated rings. The molecule has 3 aromatic rings. The molecule has 0 saturated carbocycles. The second kappa shape index (κ2) is 12.2. The van der Waals surface area contributed by atoms with Gasteiger partial charge in [-0.15, -0.1) is 4.90 Å². The maximum atomic E-state index is 14.8. The van der Waals surface area contributed by atoms with Crippen LogP contribution in [0.3, 0.4) is 0 Å². The summed E-state index contributed by atoms with van der Waals surface area (Å²) < 4.78 is 52.8. The molecule has 16 heteroatoms. The first-order chi connectivity index (χ1) is 21.4. The van der Waals surface area contributed by atoms with Gasteiger partial charge < -0.3 is 19.6 Å². The summed E-state index contributed by atoms with van der Waals surface area (Å²) in [5, 5.41) is 11.6. The Kier molecular flexibility index (Phi) is 8.32. The predicted molar refractivity (Wildman–Crippen MR) is 156 cm³/mol. The number of nitrogens with zero attached hydrogens (tertiary/aromatic N) is 3. The number of amides is 4. The number of hydrogen-bond acceptors (Lipinski definition) is 9. The molecule has 0 aliphatic carbocycles. The number of aliphatic carboxylic acids is 1. The maximum absolute atomic E-state index is 14.8. The Hall–Kier alpha value is -5.64. The Morgan fingerprint density at radius 2 is 1.91 bits per heavy atom. The van der Waals surface area contributed by atoms with Crippen molar-refractivity contribution in [2.75, 3.05) is 23.8 Å². The van der Waals surface area contributed by atoms with Gasteiger partial charge in [-0.1, -0.05) is 12.1 Å². The van der Waals surface area contributed by atoms with E-state index in [1.165, 1.54) is 67.4 Å². The third-order valence-corrected chi connectivity index (χ3v) is 8.24. The lowest BCUT2D eigenvalue weighted by atomic mass is 9.97. The number of sulfonamides is 1. The van der Waals surface area contributed by atoms with Crippen LogP contribution in [0.5, 0.6) is 0 Å². The van der Waals surface area contributed by atoms with Gasteiger partial charge in [-0.25, -0.2) is 19.0 Å². The average molecular weight is 639 g/mol. The number of ether oxygens (including phenoxy) is 1. The number of carboxylic acid groups (broad SMARTS) is 1. The van der Waals surface area contributed by atoms with Crippen LogP contribution >= 0.6 is 0 Å². The largest absolute Gasteiger partial charge is 0.506 e. The monoisotopic (exact) mass is 638 g/mol. The summed E-state index contributed by atoms with van der Waals surface area (Å²) in [7, 11) is -1.22. The molecular weight excluding hydrogens is 613 g/mol. The highest BCUT2D eigenvalue weighted by Gasteiger charge is 2.48. The molecule has 1 aromatic heterocycles. The second-order valence-electron chi connectivity index (χ2n) is 9.85. The van der Waals surface area contributed by atoms with E-state index < -0.39 is 62.3 Å². The van der Waals surface area contributed by atoms with Crippen molar-refractivity contribution in [1.29, 1.82) is 0 Å². The Labute approximate surface area is 255 Å². The van der Waals surface area contributed by atoms with Crippen LogP contribution in [0.1, 0.15) is 15.9 Å². The van der Waals surface area contributed by atoms with Crippen molar-refractivity contribution in [3.63, 3.8) is 0 Å². The van der Waals surface area contributed by atoms with Crippen molar-refractivity contribution >= 4 is 57.1 Å². The number of benzene rings is 2. The third kappa shape index (κ3) is 6.21. The van der Waals surface area contributed by atoms with Crippen LogP contribution in [0.2, 0.25) is 0 Å². The minimum absolute atomic E-state index is 0.187. The molecule has 0 spiro atoms. The number of rotatable bonds is 10. The number of methoxy groups -OCH3 is 1. The fraction of sp³-hybridized carbons (Fsp3) is 0.172. The van der Waals surface area contributed by atoms with E-state index in [4.69, 9.17) is 9.15 Å². The van der Waals surface area contributed by atoms with Crippen molar-refractivity contribution in [3.05, 3.63) is 89.8 Å². The van der Waals surface area contributed by atoms with Crippen molar-refractivity contribution in [3.8, 4) is 0 Å². The summed E-state index contributed by atoms with van der Waals surface area (Å²) >= 11 is 0. The highest BCUT2D eigenvalue weighted by atomic mass is 32.2. The van der Waals surface area contributed by atoms with Crippen LogP contribution in [-0.2, 0) is 30.8 Å². The van der Waals surface area contributed by atoms with E-state index in [-0.39, 0.29) is 23.7 Å². The fourth-order valence-electron chi connectivity index (χ4n) is 4.66. The number of nitrogens with one attached hydrogen (secondary N) is 2. The van der Waals surface area contributed by atoms with Gasteiger partial charge >= 0.3 is 17.9 Å². The summed E-state index contributed by atoms with van der Waals surface area (Å²) in [6.07, 6.45) is 3.83. The van der Waals surface area contributed by atoms with E-state index in [9.17, 15) is 37.1 Å².